The largest absolute Gasteiger partial charge is 0.488 e. The Bertz CT molecular complexity index is 1530. The Morgan fingerprint density at radius 1 is 1.10 bits per heavy atom. The second-order valence-corrected chi connectivity index (χ2v) is 10.9. The first kappa shape index (κ1) is 28.8. The average molecular weight is 569 g/mol. The lowest BCUT2D eigenvalue weighted by atomic mass is 9.85. The summed E-state index contributed by atoms with van der Waals surface area (Å²) < 4.78 is 11.9. The van der Waals surface area contributed by atoms with Gasteiger partial charge in [0.15, 0.2) is 11.6 Å². The zero-order valence-electron chi connectivity index (χ0n) is 24.2. The van der Waals surface area contributed by atoms with Gasteiger partial charge in [-0.25, -0.2) is 15.0 Å². The smallest absolute Gasteiger partial charge is 0.309 e. The molecule has 10 nitrogen and oxygen atoms in total. The molecule has 1 saturated heterocycles. The minimum atomic E-state index is -0.857. The molecule has 2 N–H and O–H groups in total. The van der Waals surface area contributed by atoms with Crippen molar-refractivity contribution in [1.82, 2.24) is 19.9 Å². The number of carbonyl (C=O) groups is 1. The zero-order chi connectivity index (χ0) is 29.5. The molecule has 1 aliphatic rings. The summed E-state index contributed by atoms with van der Waals surface area (Å²) >= 11 is 0. The minimum absolute atomic E-state index is 0.0542. The maximum atomic E-state index is 11.6. The third-order valence-electron chi connectivity index (χ3n) is 7.09. The van der Waals surface area contributed by atoms with Crippen LogP contribution >= 0.6 is 0 Å². The van der Waals surface area contributed by atoms with Gasteiger partial charge in [-0.3, -0.25) is 9.78 Å². The number of rotatable bonds is 11. The fraction of sp³-hybridized carbons (Fsp3) is 0.344. The van der Waals surface area contributed by atoms with E-state index in [1.165, 1.54) is 0 Å². The molecule has 42 heavy (non-hydrogen) atoms. The van der Waals surface area contributed by atoms with Gasteiger partial charge in [-0.1, -0.05) is 24.3 Å². The van der Waals surface area contributed by atoms with E-state index >= 15 is 0 Å². The van der Waals surface area contributed by atoms with Crippen LogP contribution in [-0.2, 0) is 11.2 Å². The maximum Gasteiger partial charge on any atom is 0.309 e. The average Bonchev–Trinajstić information content (AvgIpc) is 2.99. The minimum Gasteiger partial charge on any atom is -0.488 e. The Hall–Kier alpha value is -4.73. The highest BCUT2D eigenvalue weighted by molar-refractivity contribution is 5.74. The van der Waals surface area contributed by atoms with Crippen LogP contribution in [0.1, 0.15) is 39.2 Å². The molecule has 3 aromatic heterocycles. The van der Waals surface area contributed by atoms with E-state index in [2.05, 4.69) is 20.2 Å². The lowest BCUT2D eigenvalue weighted by Gasteiger charge is -2.33. The Kier molecular flexibility index (Phi) is 8.80. The van der Waals surface area contributed by atoms with Crippen molar-refractivity contribution in [2.75, 3.05) is 29.9 Å². The standard InChI is InChI=1S/C32H36N6O4/c1-4-41-26-13-7-15-34-30(26)42-24-11-8-16-38(21-24)29-20-33-19-28(37-29)36-27-14-6-12-25(35-27)23-10-5-9-22(17-23)18-32(2,3)31(39)40/h5-7,9-10,12-15,17,19-20,24H,4,8,11,16,18,21H2,1-3H3,(H,39,40)(H,35,36,37)/t24-/m1/s1. The molecule has 10 heteroatoms. The molecular formula is C32H36N6O4. The number of hydrogen-bond donors (Lipinski definition) is 2. The van der Waals surface area contributed by atoms with E-state index in [1.807, 2.05) is 61.5 Å². The molecule has 218 valence electrons. The summed E-state index contributed by atoms with van der Waals surface area (Å²) in [6.07, 6.45) is 7.37. The number of benzene rings is 1. The number of pyridine rings is 2. The van der Waals surface area contributed by atoms with Gasteiger partial charge in [0, 0.05) is 18.3 Å². The summed E-state index contributed by atoms with van der Waals surface area (Å²) in [6, 6.07) is 17.3. The molecule has 1 aliphatic heterocycles. The van der Waals surface area contributed by atoms with Gasteiger partial charge < -0.3 is 24.8 Å². The van der Waals surface area contributed by atoms with Crippen molar-refractivity contribution in [2.45, 2.75) is 46.1 Å². The van der Waals surface area contributed by atoms with E-state index in [-0.39, 0.29) is 6.10 Å². The van der Waals surface area contributed by atoms with E-state index in [1.54, 1.807) is 32.4 Å². The molecule has 1 aromatic carbocycles. The van der Waals surface area contributed by atoms with Crippen LogP contribution in [0.5, 0.6) is 11.6 Å². The highest BCUT2D eigenvalue weighted by Crippen LogP contribution is 2.29. The first-order chi connectivity index (χ1) is 20.3. The fourth-order valence-corrected chi connectivity index (χ4v) is 4.92. The molecule has 5 rings (SSSR count). The number of ether oxygens (including phenoxy) is 2. The van der Waals surface area contributed by atoms with Gasteiger partial charge in [-0.05, 0) is 75.9 Å². The highest BCUT2D eigenvalue weighted by Gasteiger charge is 2.27. The van der Waals surface area contributed by atoms with Gasteiger partial charge in [-0.2, -0.15) is 0 Å². The lowest BCUT2D eigenvalue weighted by Crippen LogP contribution is -2.41. The van der Waals surface area contributed by atoms with Crippen LogP contribution in [-0.4, -0.2) is 56.8 Å². The number of piperidine rings is 1. The SMILES string of the molecule is CCOc1cccnc1O[C@@H]1CCCN(c2cncc(Nc3cccc(-c4cccc(CC(C)(C)C(=O)O)c4)n3)n2)C1. The van der Waals surface area contributed by atoms with Gasteiger partial charge in [0.2, 0.25) is 0 Å². The van der Waals surface area contributed by atoms with Gasteiger partial charge in [0.25, 0.3) is 5.88 Å². The summed E-state index contributed by atoms with van der Waals surface area (Å²) in [7, 11) is 0. The Morgan fingerprint density at radius 3 is 2.79 bits per heavy atom. The first-order valence-corrected chi connectivity index (χ1v) is 14.2. The monoisotopic (exact) mass is 568 g/mol. The molecule has 0 saturated carbocycles. The van der Waals surface area contributed by atoms with Crippen LogP contribution in [0, 0.1) is 5.41 Å². The van der Waals surface area contributed by atoms with E-state index in [4.69, 9.17) is 19.4 Å². The molecule has 1 fully saturated rings. The molecule has 0 aliphatic carbocycles. The topological polar surface area (TPSA) is 123 Å². The maximum absolute atomic E-state index is 11.6. The number of aliphatic carboxylic acids is 1. The van der Waals surface area contributed by atoms with Crippen molar-refractivity contribution in [3.8, 4) is 22.9 Å². The van der Waals surface area contributed by atoms with Crippen molar-refractivity contribution in [1.29, 1.82) is 0 Å². The van der Waals surface area contributed by atoms with Crippen LogP contribution in [0.15, 0.2) is 73.2 Å². The van der Waals surface area contributed by atoms with Gasteiger partial charge in [-0.15, -0.1) is 0 Å². The van der Waals surface area contributed by atoms with Crippen molar-refractivity contribution >= 4 is 23.4 Å². The molecule has 0 bridgehead atoms. The van der Waals surface area contributed by atoms with Gasteiger partial charge in [0.1, 0.15) is 17.7 Å². The number of hydrogen-bond acceptors (Lipinski definition) is 9. The zero-order valence-corrected chi connectivity index (χ0v) is 24.2. The van der Waals surface area contributed by atoms with Gasteiger partial charge >= 0.3 is 5.97 Å². The first-order valence-electron chi connectivity index (χ1n) is 14.2. The molecule has 4 heterocycles. The molecule has 4 aromatic rings. The predicted octanol–water partition coefficient (Wildman–Crippen LogP) is 5.78. The third-order valence-corrected chi connectivity index (χ3v) is 7.09. The van der Waals surface area contributed by atoms with E-state index in [0.29, 0.717) is 42.8 Å². The lowest BCUT2D eigenvalue weighted by molar-refractivity contribution is -0.146. The Labute approximate surface area is 245 Å². The van der Waals surface area contributed by atoms with E-state index in [9.17, 15) is 9.90 Å². The Morgan fingerprint density at radius 2 is 1.95 bits per heavy atom. The summed E-state index contributed by atoms with van der Waals surface area (Å²) in [5.74, 6) is 2.30. The molecule has 0 amide bonds. The third kappa shape index (κ3) is 7.12. The van der Waals surface area contributed by atoms with Crippen molar-refractivity contribution in [3.63, 3.8) is 0 Å². The van der Waals surface area contributed by atoms with Crippen LogP contribution < -0.4 is 19.7 Å². The molecule has 0 unspecified atom stereocenters. The second-order valence-electron chi connectivity index (χ2n) is 10.9. The molecule has 0 spiro atoms. The van der Waals surface area contributed by atoms with E-state index < -0.39 is 11.4 Å². The summed E-state index contributed by atoms with van der Waals surface area (Å²) in [4.78, 5) is 32.2. The number of carboxylic acids is 1. The number of anilines is 3. The summed E-state index contributed by atoms with van der Waals surface area (Å²) in [6.45, 7) is 7.45. The number of nitrogens with one attached hydrogen (secondary N) is 1. The number of nitrogens with zero attached hydrogens (tertiary/aromatic N) is 5. The quantitative estimate of drug-likeness (QED) is 0.230. The fourth-order valence-electron chi connectivity index (χ4n) is 4.92. The second kappa shape index (κ2) is 12.8. The summed E-state index contributed by atoms with van der Waals surface area (Å²) in [5, 5.41) is 12.8. The molecular weight excluding hydrogens is 532 g/mol. The van der Waals surface area contributed by atoms with Crippen LogP contribution in [0.4, 0.5) is 17.5 Å². The number of carboxylic acid groups (broad SMARTS) is 1. The van der Waals surface area contributed by atoms with Crippen LogP contribution in [0.2, 0.25) is 0 Å². The molecule has 0 radical (unpaired) electrons. The van der Waals surface area contributed by atoms with Crippen LogP contribution in [0.25, 0.3) is 11.3 Å². The van der Waals surface area contributed by atoms with E-state index in [0.717, 1.165) is 42.0 Å². The number of aromatic nitrogens is 4. The van der Waals surface area contributed by atoms with Gasteiger partial charge in [0.05, 0.1) is 36.7 Å². The molecule has 1 atom stereocenters. The highest BCUT2D eigenvalue weighted by atomic mass is 16.5. The predicted molar refractivity (Wildman–Crippen MR) is 161 cm³/mol. The van der Waals surface area contributed by atoms with Crippen molar-refractivity contribution < 1.29 is 19.4 Å². The summed E-state index contributed by atoms with van der Waals surface area (Å²) in [5.41, 5.74) is 1.78. The van der Waals surface area contributed by atoms with Crippen molar-refractivity contribution in [3.05, 3.63) is 78.8 Å². The normalized spacial score (nSPS) is 15.2. The Balaban J connectivity index is 1.27. The van der Waals surface area contributed by atoms with Crippen LogP contribution in [0.3, 0.4) is 0 Å². The van der Waals surface area contributed by atoms with Crippen molar-refractivity contribution in [2.24, 2.45) is 5.41 Å².